The first-order valence-corrected chi connectivity index (χ1v) is 12.1. The molecule has 2 heterocycles. The SMILES string of the molecule is Cc1cccc(C2CCC(C(=O)NCCCN3CCCC3=O)CN2C(=O)c2ccc(F)cc2)c1. The van der Waals surface area contributed by atoms with E-state index >= 15 is 0 Å². The highest BCUT2D eigenvalue weighted by molar-refractivity contribution is 5.95. The number of aryl methyl sites for hydroxylation is 1. The molecule has 0 radical (unpaired) electrons. The monoisotopic (exact) mass is 465 g/mol. The molecular weight excluding hydrogens is 433 g/mol. The first-order valence-electron chi connectivity index (χ1n) is 12.1. The predicted octanol–water partition coefficient (Wildman–Crippen LogP) is 3.86. The van der Waals surface area contributed by atoms with Gasteiger partial charge in [0.1, 0.15) is 5.82 Å². The second kappa shape index (κ2) is 10.8. The van der Waals surface area contributed by atoms with Crippen molar-refractivity contribution in [3.05, 3.63) is 71.0 Å². The Balaban J connectivity index is 1.42. The Labute approximate surface area is 200 Å². The van der Waals surface area contributed by atoms with E-state index in [4.69, 9.17) is 0 Å². The summed E-state index contributed by atoms with van der Waals surface area (Å²) in [6.07, 6.45) is 3.61. The quantitative estimate of drug-likeness (QED) is 0.632. The second-order valence-electron chi connectivity index (χ2n) is 9.30. The third kappa shape index (κ3) is 5.64. The molecule has 2 fully saturated rings. The van der Waals surface area contributed by atoms with Gasteiger partial charge in [0.25, 0.3) is 5.91 Å². The summed E-state index contributed by atoms with van der Waals surface area (Å²) < 4.78 is 13.4. The molecule has 2 aliphatic rings. The Morgan fingerprint density at radius 1 is 1.12 bits per heavy atom. The minimum absolute atomic E-state index is 0.0626. The third-order valence-electron chi connectivity index (χ3n) is 6.81. The number of rotatable bonds is 7. The lowest BCUT2D eigenvalue weighted by Crippen LogP contribution is -2.47. The lowest BCUT2D eigenvalue weighted by Gasteiger charge is -2.39. The van der Waals surface area contributed by atoms with Gasteiger partial charge in [0.05, 0.1) is 12.0 Å². The zero-order valence-electron chi connectivity index (χ0n) is 19.6. The van der Waals surface area contributed by atoms with Crippen molar-refractivity contribution in [1.82, 2.24) is 15.1 Å². The van der Waals surface area contributed by atoms with E-state index in [-0.39, 0.29) is 29.7 Å². The van der Waals surface area contributed by atoms with Crippen LogP contribution in [0.5, 0.6) is 0 Å². The van der Waals surface area contributed by atoms with Crippen LogP contribution in [0.2, 0.25) is 0 Å². The molecule has 6 nitrogen and oxygen atoms in total. The number of likely N-dealkylation sites (tertiary alicyclic amines) is 2. The highest BCUT2D eigenvalue weighted by Gasteiger charge is 2.36. The standard InChI is InChI=1S/C27H32FN3O3/c1-19-5-2-6-21(17-19)24-13-10-22(18-31(24)27(34)20-8-11-23(28)12-9-20)26(33)29-14-4-16-30-15-3-7-25(30)32/h2,5-6,8-9,11-12,17,22,24H,3-4,7,10,13-16,18H2,1H3,(H,29,33). The van der Waals surface area contributed by atoms with E-state index < -0.39 is 5.82 Å². The molecule has 180 valence electrons. The van der Waals surface area contributed by atoms with Gasteiger partial charge in [-0.2, -0.15) is 0 Å². The molecule has 0 saturated carbocycles. The van der Waals surface area contributed by atoms with Crippen molar-refractivity contribution < 1.29 is 18.8 Å². The number of carbonyl (C=O) groups excluding carboxylic acids is 3. The molecule has 2 aromatic rings. The molecule has 34 heavy (non-hydrogen) atoms. The number of hydrogen-bond donors (Lipinski definition) is 1. The summed E-state index contributed by atoms with van der Waals surface area (Å²) in [4.78, 5) is 41.7. The second-order valence-corrected chi connectivity index (χ2v) is 9.30. The van der Waals surface area contributed by atoms with Gasteiger partial charge >= 0.3 is 0 Å². The average Bonchev–Trinajstić information content (AvgIpc) is 3.26. The van der Waals surface area contributed by atoms with Crippen molar-refractivity contribution in [1.29, 1.82) is 0 Å². The number of nitrogens with one attached hydrogen (secondary N) is 1. The van der Waals surface area contributed by atoms with Crippen molar-refractivity contribution >= 4 is 17.7 Å². The van der Waals surface area contributed by atoms with E-state index in [1.54, 1.807) is 4.90 Å². The molecule has 2 aliphatic heterocycles. The van der Waals surface area contributed by atoms with Gasteiger partial charge in [-0.25, -0.2) is 4.39 Å². The maximum absolute atomic E-state index is 13.4. The topological polar surface area (TPSA) is 69.7 Å². The summed E-state index contributed by atoms with van der Waals surface area (Å²) >= 11 is 0. The van der Waals surface area contributed by atoms with Gasteiger partial charge in [0.15, 0.2) is 0 Å². The van der Waals surface area contributed by atoms with Gasteiger partial charge < -0.3 is 15.1 Å². The van der Waals surface area contributed by atoms with Gasteiger partial charge in [0, 0.05) is 38.2 Å². The lowest BCUT2D eigenvalue weighted by molar-refractivity contribution is -0.127. The molecule has 0 bridgehead atoms. The fraction of sp³-hybridized carbons (Fsp3) is 0.444. The fourth-order valence-corrected chi connectivity index (χ4v) is 4.96. The Bertz CT molecular complexity index is 1040. The Hall–Kier alpha value is -3.22. The van der Waals surface area contributed by atoms with E-state index in [0.29, 0.717) is 50.9 Å². The lowest BCUT2D eigenvalue weighted by atomic mass is 9.87. The molecule has 2 unspecified atom stereocenters. The average molecular weight is 466 g/mol. The van der Waals surface area contributed by atoms with Crippen LogP contribution in [0.4, 0.5) is 4.39 Å². The van der Waals surface area contributed by atoms with Gasteiger partial charge in [-0.15, -0.1) is 0 Å². The largest absolute Gasteiger partial charge is 0.356 e. The van der Waals surface area contributed by atoms with E-state index in [1.807, 2.05) is 30.0 Å². The number of carbonyl (C=O) groups is 3. The van der Waals surface area contributed by atoms with E-state index in [1.165, 1.54) is 24.3 Å². The molecule has 2 saturated heterocycles. The zero-order valence-corrected chi connectivity index (χ0v) is 19.6. The summed E-state index contributed by atoms with van der Waals surface area (Å²) in [7, 11) is 0. The first-order chi connectivity index (χ1) is 16.4. The van der Waals surface area contributed by atoms with Gasteiger partial charge in [0.2, 0.25) is 11.8 Å². The van der Waals surface area contributed by atoms with Crippen molar-refractivity contribution in [2.24, 2.45) is 5.92 Å². The number of benzene rings is 2. The van der Waals surface area contributed by atoms with E-state index in [2.05, 4.69) is 11.4 Å². The van der Waals surface area contributed by atoms with E-state index in [9.17, 15) is 18.8 Å². The Morgan fingerprint density at radius 2 is 1.91 bits per heavy atom. The van der Waals surface area contributed by atoms with Crippen LogP contribution in [0.3, 0.4) is 0 Å². The van der Waals surface area contributed by atoms with Gasteiger partial charge in [-0.05, 0) is 62.4 Å². The summed E-state index contributed by atoms with van der Waals surface area (Å²) in [6, 6.07) is 13.5. The van der Waals surface area contributed by atoms with Crippen LogP contribution < -0.4 is 5.32 Å². The molecule has 0 spiro atoms. The summed E-state index contributed by atoms with van der Waals surface area (Å²) in [6.45, 7) is 4.30. The minimum atomic E-state index is -0.390. The molecular formula is C27H32FN3O3. The first kappa shape index (κ1) is 23.9. The van der Waals surface area contributed by atoms with Crippen LogP contribution in [-0.4, -0.2) is 53.7 Å². The number of halogens is 1. The number of hydrogen-bond acceptors (Lipinski definition) is 3. The smallest absolute Gasteiger partial charge is 0.254 e. The summed E-state index contributed by atoms with van der Waals surface area (Å²) in [5.74, 6) is -0.767. The van der Waals surface area contributed by atoms with Gasteiger partial charge in [-0.1, -0.05) is 29.8 Å². The van der Waals surface area contributed by atoms with Crippen molar-refractivity contribution in [2.75, 3.05) is 26.2 Å². The molecule has 4 rings (SSSR count). The molecule has 2 atom stereocenters. The molecule has 1 N–H and O–H groups in total. The Kier molecular flexibility index (Phi) is 7.60. The highest BCUT2D eigenvalue weighted by atomic mass is 19.1. The number of piperidine rings is 1. The number of amides is 3. The van der Waals surface area contributed by atoms with Crippen molar-refractivity contribution in [3.63, 3.8) is 0 Å². The van der Waals surface area contributed by atoms with Crippen LogP contribution in [0.25, 0.3) is 0 Å². The summed E-state index contributed by atoms with van der Waals surface area (Å²) in [5, 5.41) is 3.00. The van der Waals surface area contributed by atoms with Crippen LogP contribution in [0.1, 0.15) is 59.6 Å². The maximum atomic E-state index is 13.4. The predicted molar refractivity (Wildman–Crippen MR) is 128 cm³/mol. The maximum Gasteiger partial charge on any atom is 0.254 e. The summed E-state index contributed by atoms with van der Waals surface area (Å²) in [5.41, 5.74) is 2.57. The third-order valence-corrected chi connectivity index (χ3v) is 6.81. The van der Waals surface area contributed by atoms with Crippen molar-refractivity contribution in [3.8, 4) is 0 Å². The molecule has 7 heteroatoms. The van der Waals surface area contributed by atoms with Crippen LogP contribution in [0, 0.1) is 18.7 Å². The normalized spacial score (nSPS) is 20.5. The Morgan fingerprint density at radius 3 is 2.62 bits per heavy atom. The van der Waals surface area contributed by atoms with Crippen LogP contribution in [0.15, 0.2) is 48.5 Å². The zero-order chi connectivity index (χ0) is 24.1. The molecule has 3 amide bonds. The van der Waals surface area contributed by atoms with Gasteiger partial charge in [-0.3, -0.25) is 14.4 Å². The van der Waals surface area contributed by atoms with E-state index in [0.717, 1.165) is 24.1 Å². The van der Waals surface area contributed by atoms with Crippen LogP contribution in [-0.2, 0) is 9.59 Å². The highest BCUT2D eigenvalue weighted by Crippen LogP contribution is 2.35. The molecule has 0 aliphatic carbocycles. The van der Waals surface area contributed by atoms with Crippen LogP contribution >= 0.6 is 0 Å². The van der Waals surface area contributed by atoms with Crippen molar-refractivity contribution in [2.45, 2.75) is 45.1 Å². The minimum Gasteiger partial charge on any atom is -0.356 e. The number of nitrogens with zero attached hydrogens (tertiary/aromatic N) is 2. The molecule has 0 aromatic heterocycles. The fourth-order valence-electron chi connectivity index (χ4n) is 4.96. The molecule has 2 aromatic carbocycles.